The van der Waals surface area contributed by atoms with Crippen LogP contribution in [0.2, 0.25) is 0 Å². The number of carbonyl (C=O) groups is 1. The Bertz CT molecular complexity index is 1330. The van der Waals surface area contributed by atoms with E-state index in [1.165, 1.54) is 10.6 Å². The molecule has 1 fully saturated rings. The summed E-state index contributed by atoms with van der Waals surface area (Å²) >= 11 is 0. The van der Waals surface area contributed by atoms with Crippen molar-refractivity contribution in [1.82, 2.24) is 19.3 Å². The van der Waals surface area contributed by atoms with Crippen molar-refractivity contribution in [3.05, 3.63) is 48.3 Å². The average Bonchev–Trinajstić information content (AvgIpc) is 2.81. The van der Waals surface area contributed by atoms with Crippen molar-refractivity contribution in [2.75, 3.05) is 32.6 Å². The third kappa shape index (κ3) is 6.01. The predicted molar refractivity (Wildman–Crippen MR) is 133 cm³/mol. The van der Waals surface area contributed by atoms with Crippen LogP contribution in [0.3, 0.4) is 0 Å². The number of nitrogens with zero attached hydrogens (tertiary/aromatic N) is 4. The lowest BCUT2D eigenvalue weighted by Crippen LogP contribution is -2.47. The van der Waals surface area contributed by atoms with E-state index in [1.54, 1.807) is 19.3 Å². The minimum absolute atomic E-state index is 0.131. The highest BCUT2D eigenvalue weighted by molar-refractivity contribution is 7.88. The Hall–Kier alpha value is -2.95. The highest BCUT2D eigenvalue weighted by Crippen LogP contribution is 2.31. The first kappa shape index (κ1) is 25.2. The minimum Gasteiger partial charge on any atom is -0.473 e. The van der Waals surface area contributed by atoms with Crippen LogP contribution in [0, 0.1) is 0 Å². The summed E-state index contributed by atoms with van der Waals surface area (Å²) < 4.78 is 36.9. The van der Waals surface area contributed by atoms with Gasteiger partial charge in [-0.05, 0) is 24.0 Å². The molecule has 1 saturated heterocycles. The van der Waals surface area contributed by atoms with E-state index >= 15 is 0 Å². The standard InChI is InChI=1S/C25H30N4O5S/c1-17(30)14-25(2,3)19-7-5-18(6-8-19)21-13-22-23(27-10-9-26-22)24(28-21)34-16-20-15-29(11-12-33-20)35(4,31)32/h5-10,13,20H,11-12,14-16H2,1-4H3/t20-/m0/s1. The Balaban J connectivity index is 1.59. The summed E-state index contributed by atoms with van der Waals surface area (Å²) in [6.07, 6.45) is 4.42. The molecule has 9 nitrogen and oxygen atoms in total. The highest BCUT2D eigenvalue weighted by Gasteiger charge is 2.27. The number of hydrogen-bond donors (Lipinski definition) is 0. The Kier molecular flexibility index (Phi) is 7.16. The van der Waals surface area contributed by atoms with Gasteiger partial charge in [0.1, 0.15) is 18.5 Å². The van der Waals surface area contributed by atoms with Gasteiger partial charge in [0.2, 0.25) is 15.9 Å². The zero-order valence-electron chi connectivity index (χ0n) is 20.4. The molecule has 0 spiro atoms. The molecule has 1 aromatic carbocycles. The van der Waals surface area contributed by atoms with E-state index in [2.05, 4.69) is 23.8 Å². The van der Waals surface area contributed by atoms with Crippen LogP contribution in [0.4, 0.5) is 0 Å². The van der Waals surface area contributed by atoms with Crippen LogP contribution >= 0.6 is 0 Å². The highest BCUT2D eigenvalue weighted by atomic mass is 32.2. The second-order valence-electron chi connectivity index (χ2n) is 9.50. The fourth-order valence-corrected chi connectivity index (χ4v) is 5.12. The number of fused-ring (bicyclic) bond motifs is 1. The van der Waals surface area contributed by atoms with Gasteiger partial charge in [-0.25, -0.2) is 18.4 Å². The zero-order chi connectivity index (χ0) is 25.2. The molecule has 0 saturated carbocycles. The molecule has 0 N–H and O–H groups in total. The van der Waals surface area contributed by atoms with Crippen LogP contribution in [-0.2, 0) is 25.0 Å². The number of benzene rings is 1. The van der Waals surface area contributed by atoms with E-state index < -0.39 is 16.1 Å². The van der Waals surface area contributed by atoms with E-state index in [1.807, 2.05) is 30.3 Å². The van der Waals surface area contributed by atoms with Gasteiger partial charge in [0.25, 0.3) is 0 Å². The van der Waals surface area contributed by atoms with Crippen LogP contribution in [0.25, 0.3) is 22.3 Å². The van der Waals surface area contributed by atoms with E-state index in [4.69, 9.17) is 14.5 Å². The molecule has 0 unspecified atom stereocenters. The Morgan fingerprint density at radius 3 is 2.60 bits per heavy atom. The SMILES string of the molecule is CC(=O)CC(C)(C)c1ccc(-c2cc3nccnc3c(OC[C@@H]3CN(S(C)(=O)=O)CCO3)n2)cc1. The molecular weight excluding hydrogens is 468 g/mol. The van der Waals surface area contributed by atoms with E-state index in [0.717, 1.165) is 11.1 Å². The summed E-state index contributed by atoms with van der Waals surface area (Å²) in [4.78, 5) is 25.1. The molecule has 0 aliphatic carbocycles. The number of Topliss-reactive ketones (excluding diaryl/α,β-unsaturated/α-hetero) is 1. The normalized spacial score (nSPS) is 17.4. The Labute approximate surface area is 205 Å². The lowest BCUT2D eigenvalue weighted by Gasteiger charge is -2.30. The molecule has 35 heavy (non-hydrogen) atoms. The second kappa shape index (κ2) is 9.96. The van der Waals surface area contributed by atoms with Crippen molar-refractivity contribution in [3.8, 4) is 17.1 Å². The summed E-state index contributed by atoms with van der Waals surface area (Å²) in [5.41, 5.74) is 3.51. The largest absolute Gasteiger partial charge is 0.473 e. The first-order chi connectivity index (χ1) is 16.5. The third-order valence-electron chi connectivity index (χ3n) is 6.05. The predicted octanol–water partition coefficient (Wildman–Crippen LogP) is 2.99. The molecule has 10 heteroatoms. The molecule has 1 atom stereocenters. The van der Waals surface area contributed by atoms with Gasteiger partial charge in [0.05, 0.1) is 24.1 Å². The molecule has 0 amide bonds. The van der Waals surface area contributed by atoms with Gasteiger partial charge in [0.15, 0.2) is 5.52 Å². The molecule has 3 heterocycles. The molecular formula is C25H30N4O5S. The molecule has 0 radical (unpaired) electrons. The number of sulfonamides is 1. The summed E-state index contributed by atoms with van der Waals surface area (Å²) in [6.45, 7) is 6.70. The van der Waals surface area contributed by atoms with Gasteiger partial charge in [-0.1, -0.05) is 38.1 Å². The summed E-state index contributed by atoms with van der Waals surface area (Å²) in [5.74, 6) is 0.462. The van der Waals surface area contributed by atoms with Crippen LogP contribution < -0.4 is 4.74 Å². The van der Waals surface area contributed by atoms with Gasteiger partial charge >= 0.3 is 0 Å². The van der Waals surface area contributed by atoms with Crippen molar-refractivity contribution in [2.45, 2.75) is 38.7 Å². The maximum absolute atomic E-state index is 11.9. The van der Waals surface area contributed by atoms with Crippen molar-refractivity contribution in [1.29, 1.82) is 0 Å². The van der Waals surface area contributed by atoms with Gasteiger partial charge in [0, 0.05) is 37.5 Å². The number of aromatic nitrogens is 3. The number of hydrogen-bond acceptors (Lipinski definition) is 8. The monoisotopic (exact) mass is 498 g/mol. The number of morpholine rings is 1. The molecule has 3 aromatic rings. The summed E-state index contributed by atoms with van der Waals surface area (Å²) in [7, 11) is -3.30. The fraction of sp³-hybridized carbons (Fsp3) is 0.440. The number of pyridine rings is 1. The average molecular weight is 499 g/mol. The van der Waals surface area contributed by atoms with Gasteiger partial charge in [-0.3, -0.25) is 9.78 Å². The smallest absolute Gasteiger partial charge is 0.242 e. The quantitative estimate of drug-likeness (QED) is 0.466. The number of rotatable bonds is 8. The maximum atomic E-state index is 11.9. The number of ether oxygens (including phenoxy) is 2. The molecule has 2 aromatic heterocycles. The van der Waals surface area contributed by atoms with Crippen LogP contribution in [0.1, 0.15) is 32.8 Å². The maximum Gasteiger partial charge on any atom is 0.242 e. The molecule has 0 bridgehead atoms. The second-order valence-corrected chi connectivity index (χ2v) is 11.5. The van der Waals surface area contributed by atoms with E-state index in [0.29, 0.717) is 42.2 Å². The van der Waals surface area contributed by atoms with E-state index in [-0.39, 0.29) is 24.3 Å². The van der Waals surface area contributed by atoms with Gasteiger partial charge in [-0.15, -0.1) is 0 Å². The van der Waals surface area contributed by atoms with Crippen molar-refractivity contribution in [2.24, 2.45) is 0 Å². The molecule has 1 aliphatic rings. The third-order valence-corrected chi connectivity index (χ3v) is 7.32. The van der Waals surface area contributed by atoms with Gasteiger partial charge < -0.3 is 9.47 Å². The zero-order valence-corrected chi connectivity index (χ0v) is 21.2. The number of carbonyl (C=O) groups excluding carboxylic acids is 1. The first-order valence-corrected chi connectivity index (χ1v) is 13.3. The topological polar surface area (TPSA) is 112 Å². The van der Waals surface area contributed by atoms with Crippen LogP contribution in [0.15, 0.2) is 42.7 Å². The lowest BCUT2D eigenvalue weighted by molar-refractivity contribution is -0.118. The van der Waals surface area contributed by atoms with Crippen molar-refractivity contribution >= 4 is 26.8 Å². The molecule has 1 aliphatic heterocycles. The Morgan fingerprint density at radius 1 is 1.20 bits per heavy atom. The summed E-state index contributed by atoms with van der Waals surface area (Å²) in [6, 6.07) is 9.82. The molecule has 4 rings (SSSR count). The van der Waals surface area contributed by atoms with Gasteiger partial charge in [-0.2, -0.15) is 4.31 Å². The van der Waals surface area contributed by atoms with Crippen LogP contribution in [-0.4, -0.2) is 72.1 Å². The van der Waals surface area contributed by atoms with Crippen molar-refractivity contribution in [3.63, 3.8) is 0 Å². The van der Waals surface area contributed by atoms with E-state index in [9.17, 15) is 13.2 Å². The first-order valence-electron chi connectivity index (χ1n) is 11.4. The Morgan fingerprint density at radius 2 is 1.91 bits per heavy atom. The fourth-order valence-electron chi connectivity index (χ4n) is 4.27. The molecule has 186 valence electrons. The number of ketones is 1. The van der Waals surface area contributed by atoms with Crippen molar-refractivity contribution < 1.29 is 22.7 Å². The minimum atomic E-state index is -3.30. The van der Waals surface area contributed by atoms with Crippen LogP contribution in [0.5, 0.6) is 5.88 Å². The summed E-state index contributed by atoms with van der Waals surface area (Å²) in [5, 5.41) is 0. The lowest BCUT2D eigenvalue weighted by atomic mass is 9.80.